The molecule has 2 aliphatic rings. The fraction of sp³-hybridized carbons (Fsp3) is 1.00. The molecule has 0 atom stereocenters. The van der Waals surface area contributed by atoms with Gasteiger partial charge in [-0.2, -0.15) is 11.8 Å². The van der Waals surface area contributed by atoms with Crippen LogP contribution in [0.5, 0.6) is 0 Å². The first kappa shape index (κ1) is 13.7. The molecular formula is C14H27NOS. The monoisotopic (exact) mass is 257 g/mol. The second kappa shape index (κ2) is 5.94. The maximum Gasteiger partial charge on any atom is 0.0771 e. The molecule has 0 saturated heterocycles. The predicted molar refractivity (Wildman–Crippen MR) is 75.6 cm³/mol. The molecule has 2 nitrogen and oxygen atoms in total. The van der Waals surface area contributed by atoms with E-state index in [9.17, 15) is 5.11 Å². The fourth-order valence-electron chi connectivity index (χ4n) is 3.11. The van der Waals surface area contributed by atoms with E-state index in [1.54, 1.807) is 0 Å². The Bertz CT molecular complexity index is 227. The molecule has 0 amide bonds. The summed E-state index contributed by atoms with van der Waals surface area (Å²) in [6.07, 6.45) is 13.3. The first-order valence-corrected chi connectivity index (χ1v) is 8.39. The molecular weight excluding hydrogens is 230 g/mol. The van der Waals surface area contributed by atoms with Crippen molar-refractivity contribution in [3.63, 3.8) is 0 Å². The van der Waals surface area contributed by atoms with E-state index in [0.29, 0.717) is 4.75 Å². The summed E-state index contributed by atoms with van der Waals surface area (Å²) in [4.78, 5) is 0. The second-order valence-electron chi connectivity index (χ2n) is 5.98. The van der Waals surface area contributed by atoms with Crippen LogP contribution >= 0.6 is 11.8 Å². The van der Waals surface area contributed by atoms with Gasteiger partial charge in [-0.3, -0.25) is 0 Å². The quantitative estimate of drug-likeness (QED) is 0.743. The number of hydrogen-bond donors (Lipinski definition) is 2. The van der Waals surface area contributed by atoms with E-state index in [-0.39, 0.29) is 0 Å². The minimum absolute atomic E-state index is 0.417. The first-order chi connectivity index (χ1) is 8.18. The normalized spacial score (nSPS) is 27.2. The lowest BCUT2D eigenvalue weighted by atomic mass is 9.84. The summed E-state index contributed by atoms with van der Waals surface area (Å²) in [6, 6.07) is 0. The van der Waals surface area contributed by atoms with Crippen molar-refractivity contribution in [2.45, 2.75) is 68.1 Å². The number of rotatable bonds is 5. The Morgan fingerprint density at radius 3 is 2.06 bits per heavy atom. The molecule has 0 aromatic rings. The Hall–Kier alpha value is 0.270. The van der Waals surface area contributed by atoms with Gasteiger partial charge in [0.25, 0.3) is 0 Å². The molecule has 0 aromatic carbocycles. The number of thioether (sulfide) groups is 1. The summed E-state index contributed by atoms with van der Waals surface area (Å²) in [5.41, 5.74) is -0.417. The van der Waals surface area contributed by atoms with Crippen LogP contribution in [-0.4, -0.2) is 34.8 Å². The maximum atomic E-state index is 10.5. The highest BCUT2D eigenvalue weighted by Gasteiger charge is 2.36. The van der Waals surface area contributed by atoms with Crippen molar-refractivity contribution < 1.29 is 5.11 Å². The molecule has 2 aliphatic carbocycles. The molecule has 2 N–H and O–H groups in total. The Morgan fingerprint density at radius 1 is 0.941 bits per heavy atom. The van der Waals surface area contributed by atoms with Crippen molar-refractivity contribution in [2.75, 3.05) is 19.3 Å². The summed E-state index contributed by atoms with van der Waals surface area (Å²) < 4.78 is 0.487. The van der Waals surface area contributed by atoms with Crippen LogP contribution in [0.1, 0.15) is 57.8 Å². The van der Waals surface area contributed by atoms with Crippen molar-refractivity contribution in [1.82, 2.24) is 5.32 Å². The standard InChI is InChI=1S/C14H27NOS/c1-17-14(9-6-10-14)12-15-11-13(16)7-4-2-3-5-8-13/h15-16H,2-12H2,1H3. The van der Waals surface area contributed by atoms with Crippen LogP contribution in [0.15, 0.2) is 0 Å². The van der Waals surface area contributed by atoms with E-state index >= 15 is 0 Å². The van der Waals surface area contributed by atoms with Crippen LogP contribution in [0.4, 0.5) is 0 Å². The molecule has 0 heterocycles. The lowest BCUT2D eigenvalue weighted by Crippen LogP contribution is -2.48. The van der Waals surface area contributed by atoms with E-state index in [1.807, 2.05) is 11.8 Å². The first-order valence-electron chi connectivity index (χ1n) is 7.16. The van der Waals surface area contributed by atoms with E-state index in [0.717, 1.165) is 25.9 Å². The van der Waals surface area contributed by atoms with E-state index < -0.39 is 5.60 Å². The molecule has 0 spiro atoms. The van der Waals surface area contributed by atoms with Crippen LogP contribution in [0, 0.1) is 0 Å². The van der Waals surface area contributed by atoms with Gasteiger partial charge in [0.15, 0.2) is 0 Å². The Balaban J connectivity index is 1.72. The van der Waals surface area contributed by atoms with Crippen LogP contribution in [-0.2, 0) is 0 Å². The summed E-state index contributed by atoms with van der Waals surface area (Å²) in [5, 5.41) is 14.1. The third kappa shape index (κ3) is 3.62. The van der Waals surface area contributed by atoms with Gasteiger partial charge in [0.2, 0.25) is 0 Å². The van der Waals surface area contributed by atoms with Gasteiger partial charge in [0.05, 0.1) is 5.60 Å². The number of aliphatic hydroxyl groups is 1. The highest BCUT2D eigenvalue weighted by atomic mass is 32.2. The molecule has 3 heteroatoms. The van der Waals surface area contributed by atoms with E-state index in [4.69, 9.17) is 0 Å². The van der Waals surface area contributed by atoms with Crippen LogP contribution in [0.25, 0.3) is 0 Å². The number of hydrogen-bond acceptors (Lipinski definition) is 3. The Morgan fingerprint density at radius 2 is 1.59 bits per heavy atom. The van der Waals surface area contributed by atoms with Crippen molar-refractivity contribution in [1.29, 1.82) is 0 Å². The summed E-state index contributed by atoms with van der Waals surface area (Å²) in [7, 11) is 0. The average Bonchev–Trinajstić information content (AvgIpc) is 2.48. The van der Waals surface area contributed by atoms with E-state index in [2.05, 4.69) is 11.6 Å². The minimum atomic E-state index is -0.417. The van der Waals surface area contributed by atoms with Crippen LogP contribution in [0.2, 0.25) is 0 Å². The van der Waals surface area contributed by atoms with Crippen molar-refractivity contribution in [3.8, 4) is 0 Å². The Kier molecular flexibility index (Phi) is 4.79. The summed E-state index contributed by atoms with van der Waals surface area (Å²) in [6.45, 7) is 1.88. The maximum absolute atomic E-state index is 10.5. The smallest absolute Gasteiger partial charge is 0.0771 e. The van der Waals surface area contributed by atoms with Crippen molar-refractivity contribution >= 4 is 11.8 Å². The lowest BCUT2D eigenvalue weighted by molar-refractivity contribution is 0.0243. The zero-order valence-electron chi connectivity index (χ0n) is 11.1. The van der Waals surface area contributed by atoms with Gasteiger partial charge < -0.3 is 10.4 Å². The predicted octanol–water partition coefficient (Wildman–Crippen LogP) is 2.95. The highest BCUT2D eigenvalue weighted by Crippen LogP contribution is 2.42. The molecule has 0 bridgehead atoms. The van der Waals surface area contributed by atoms with E-state index in [1.165, 1.54) is 44.9 Å². The lowest BCUT2D eigenvalue weighted by Gasteiger charge is -2.41. The molecule has 2 fully saturated rings. The van der Waals surface area contributed by atoms with Gasteiger partial charge >= 0.3 is 0 Å². The molecule has 2 rings (SSSR count). The summed E-state index contributed by atoms with van der Waals surface area (Å²) >= 11 is 2.00. The zero-order valence-corrected chi connectivity index (χ0v) is 12.0. The molecule has 100 valence electrons. The van der Waals surface area contributed by atoms with Crippen molar-refractivity contribution in [2.24, 2.45) is 0 Å². The highest BCUT2D eigenvalue weighted by molar-refractivity contribution is 8.00. The topological polar surface area (TPSA) is 32.3 Å². The third-order valence-electron chi connectivity index (χ3n) is 4.63. The number of nitrogens with one attached hydrogen (secondary N) is 1. The van der Waals surface area contributed by atoms with Gasteiger partial charge in [-0.05, 0) is 31.9 Å². The minimum Gasteiger partial charge on any atom is -0.389 e. The van der Waals surface area contributed by atoms with Crippen molar-refractivity contribution in [3.05, 3.63) is 0 Å². The van der Waals surface area contributed by atoms with Gasteiger partial charge in [-0.25, -0.2) is 0 Å². The van der Waals surface area contributed by atoms with Gasteiger partial charge in [-0.1, -0.05) is 32.1 Å². The molecule has 0 unspecified atom stereocenters. The molecule has 0 radical (unpaired) electrons. The van der Waals surface area contributed by atoms with Crippen LogP contribution in [0.3, 0.4) is 0 Å². The van der Waals surface area contributed by atoms with Gasteiger partial charge in [-0.15, -0.1) is 0 Å². The molecule has 0 aromatic heterocycles. The van der Waals surface area contributed by atoms with Crippen LogP contribution < -0.4 is 5.32 Å². The Labute approximate surface area is 110 Å². The zero-order chi connectivity index (χ0) is 12.2. The molecule has 2 saturated carbocycles. The summed E-state index contributed by atoms with van der Waals surface area (Å²) in [5.74, 6) is 0. The third-order valence-corrected chi connectivity index (χ3v) is 6.05. The van der Waals surface area contributed by atoms with Gasteiger partial charge in [0.1, 0.15) is 0 Å². The second-order valence-corrected chi connectivity index (χ2v) is 7.26. The van der Waals surface area contributed by atoms with Gasteiger partial charge in [0, 0.05) is 17.8 Å². The average molecular weight is 257 g/mol. The SMILES string of the molecule is CSC1(CNCC2(O)CCCCCC2)CCC1. The molecule has 17 heavy (non-hydrogen) atoms. The molecule has 0 aliphatic heterocycles. The fourth-order valence-corrected chi connectivity index (χ4v) is 4.05. The largest absolute Gasteiger partial charge is 0.389 e.